The summed E-state index contributed by atoms with van der Waals surface area (Å²) in [5.74, 6) is 1.63. The SMILES string of the molecule is Cc1nccc(-c2ccc3nc(Cc4cc(CN5CCN(C(=O)OC(C)(C)C)CC5)ccn4)[nH]c3c2)n1. The third kappa shape index (κ3) is 6.29. The summed E-state index contributed by atoms with van der Waals surface area (Å²) in [5, 5.41) is 0. The average molecular weight is 500 g/mol. The fraction of sp³-hybridized carbons (Fsp3) is 0.393. The van der Waals surface area contributed by atoms with Gasteiger partial charge in [0.2, 0.25) is 0 Å². The predicted molar refractivity (Wildman–Crippen MR) is 142 cm³/mol. The molecule has 5 rings (SSSR count). The Labute approximate surface area is 216 Å². The molecule has 0 atom stereocenters. The van der Waals surface area contributed by atoms with Gasteiger partial charge in [0.25, 0.3) is 0 Å². The van der Waals surface area contributed by atoms with Gasteiger partial charge in [-0.25, -0.2) is 19.7 Å². The second-order valence-electron chi connectivity index (χ2n) is 10.5. The number of benzene rings is 1. The van der Waals surface area contributed by atoms with Gasteiger partial charge in [-0.15, -0.1) is 0 Å². The number of fused-ring (bicyclic) bond motifs is 1. The Bertz CT molecular complexity index is 1400. The van der Waals surface area contributed by atoms with E-state index in [1.807, 2.05) is 52.1 Å². The lowest BCUT2D eigenvalue weighted by atomic mass is 10.1. The van der Waals surface area contributed by atoms with Crippen molar-refractivity contribution in [1.82, 2.24) is 34.7 Å². The van der Waals surface area contributed by atoms with E-state index in [-0.39, 0.29) is 6.09 Å². The Kier molecular flexibility index (Phi) is 6.88. The third-order valence-electron chi connectivity index (χ3n) is 6.26. The second kappa shape index (κ2) is 10.3. The molecule has 4 heterocycles. The highest BCUT2D eigenvalue weighted by atomic mass is 16.6. The Morgan fingerprint density at radius 2 is 1.78 bits per heavy atom. The number of piperazine rings is 1. The third-order valence-corrected chi connectivity index (χ3v) is 6.26. The highest BCUT2D eigenvalue weighted by molar-refractivity contribution is 5.81. The Morgan fingerprint density at radius 3 is 2.54 bits per heavy atom. The molecule has 0 saturated carbocycles. The smallest absolute Gasteiger partial charge is 0.410 e. The number of nitrogens with one attached hydrogen (secondary N) is 1. The van der Waals surface area contributed by atoms with Crippen molar-refractivity contribution in [2.24, 2.45) is 0 Å². The molecule has 1 N–H and O–H groups in total. The molecule has 1 amide bonds. The summed E-state index contributed by atoms with van der Waals surface area (Å²) in [6, 6.07) is 12.2. The number of hydrogen-bond donors (Lipinski definition) is 1. The zero-order valence-electron chi connectivity index (χ0n) is 21.9. The van der Waals surface area contributed by atoms with Gasteiger partial charge in [0.1, 0.15) is 17.2 Å². The number of hydrogen-bond acceptors (Lipinski definition) is 7. The molecule has 9 heteroatoms. The van der Waals surface area contributed by atoms with E-state index in [0.717, 1.165) is 59.3 Å². The maximum Gasteiger partial charge on any atom is 0.410 e. The molecule has 0 unspecified atom stereocenters. The maximum absolute atomic E-state index is 12.3. The van der Waals surface area contributed by atoms with Crippen LogP contribution in [0.2, 0.25) is 0 Å². The van der Waals surface area contributed by atoms with Crippen LogP contribution in [0.3, 0.4) is 0 Å². The lowest BCUT2D eigenvalue weighted by Gasteiger charge is -2.35. The Hall–Kier alpha value is -3.85. The number of carbonyl (C=O) groups is 1. The molecule has 1 aromatic carbocycles. The average Bonchev–Trinajstić information content (AvgIpc) is 3.25. The lowest BCUT2D eigenvalue weighted by molar-refractivity contribution is 0.0139. The number of H-pyrrole nitrogens is 1. The van der Waals surface area contributed by atoms with Crippen LogP contribution in [-0.2, 0) is 17.7 Å². The Morgan fingerprint density at radius 1 is 1.00 bits per heavy atom. The van der Waals surface area contributed by atoms with Gasteiger partial charge in [0.05, 0.1) is 16.7 Å². The number of aromatic amines is 1. The molecule has 1 aliphatic heterocycles. The predicted octanol–water partition coefficient (Wildman–Crippen LogP) is 4.37. The fourth-order valence-corrected chi connectivity index (χ4v) is 4.49. The van der Waals surface area contributed by atoms with Crippen molar-refractivity contribution in [3.05, 3.63) is 71.7 Å². The number of nitrogens with zero attached hydrogens (tertiary/aromatic N) is 6. The minimum atomic E-state index is -0.472. The first-order valence-corrected chi connectivity index (χ1v) is 12.6. The summed E-state index contributed by atoms with van der Waals surface area (Å²) in [4.78, 5) is 38.0. The summed E-state index contributed by atoms with van der Waals surface area (Å²) in [5.41, 5.74) is 5.52. The second-order valence-corrected chi connectivity index (χ2v) is 10.5. The first-order chi connectivity index (χ1) is 17.7. The fourth-order valence-electron chi connectivity index (χ4n) is 4.49. The van der Waals surface area contributed by atoms with Gasteiger partial charge in [0.15, 0.2) is 0 Å². The molecule has 3 aromatic heterocycles. The van der Waals surface area contributed by atoms with Crippen LogP contribution < -0.4 is 0 Å². The quantitative estimate of drug-likeness (QED) is 0.435. The zero-order chi connectivity index (χ0) is 26.0. The summed E-state index contributed by atoms with van der Waals surface area (Å²) >= 11 is 0. The van der Waals surface area contributed by atoms with Crippen LogP contribution in [0.4, 0.5) is 4.79 Å². The highest BCUT2D eigenvalue weighted by Crippen LogP contribution is 2.22. The molecular weight excluding hydrogens is 466 g/mol. The standard InChI is InChI=1S/C28H33N7O2/c1-19-29-10-8-23(31-19)21-5-6-24-25(16-21)33-26(32-24)17-22-15-20(7-9-30-22)18-34-11-13-35(14-12-34)27(36)37-28(2,3)4/h5-10,15-16H,11-14,17-18H2,1-4H3,(H,32,33). The maximum atomic E-state index is 12.3. The van der Waals surface area contributed by atoms with Crippen molar-refractivity contribution in [2.75, 3.05) is 26.2 Å². The number of imidazole rings is 1. The number of pyridine rings is 1. The van der Waals surface area contributed by atoms with Crippen molar-refractivity contribution < 1.29 is 9.53 Å². The van der Waals surface area contributed by atoms with Gasteiger partial charge >= 0.3 is 6.09 Å². The van der Waals surface area contributed by atoms with E-state index in [9.17, 15) is 4.79 Å². The van der Waals surface area contributed by atoms with Crippen molar-refractivity contribution >= 4 is 17.1 Å². The van der Waals surface area contributed by atoms with Gasteiger partial charge in [-0.2, -0.15) is 0 Å². The summed E-state index contributed by atoms with van der Waals surface area (Å²) in [6.07, 6.45) is 4.03. The van der Waals surface area contributed by atoms with Crippen LogP contribution >= 0.6 is 0 Å². The van der Waals surface area contributed by atoms with E-state index in [1.165, 1.54) is 5.56 Å². The van der Waals surface area contributed by atoms with Gasteiger partial charge < -0.3 is 14.6 Å². The number of ether oxygens (including phenoxy) is 1. The van der Waals surface area contributed by atoms with Crippen molar-refractivity contribution in [3.63, 3.8) is 0 Å². The first-order valence-electron chi connectivity index (χ1n) is 12.6. The lowest BCUT2D eigenvalue weighted by Crippen LogP contribution is -2.49. The topological polar surface area (TPSA) is 100 Å². The van der Waals surface area contributed by atoms with Gasteiger partial charge in [-0.3, -0.25) is 9.88 Å². The summed E-state index contributed by atoms with van der Waals surface area (Å²) < 4.78 is 5.50. The first kappa shape index (κ1) is 24.8. The summed E-state index contributed by atoms with van der Waals surface area (Å²) in [6.45, 7) is 11.4. The van der Waals surface area contributed by atoms with Gasteiger partial charge in [-0.05, 0) is 63.6 Å². The minimum Gasteiger partial charge on any atom is -0.444 e. The number of rotatable bonds is 5. The number of carbonyl (C=O) groups excluding carboxylic acids is 1. The van der Waals surface area contributed by atoms with Crippen molar-refractivity contribution in [3.8, 4) is 11.3 Å². The molecule has 1 saturated heterocycles. The van der Waals surface area contributed by atoms with Crippen LogP contribution in [0.1, 0.15) is 43.7 Å². The minimum absolute atomic E-state index is 0.233. The molecule has 0 spiro atoms. The van der Waals surface area contributed by atoms with Crippen LogP contribution in [0.5, 0.6) is 0 Å². The molecule has 0 aliphatic carbocycles. The molecule has 1 fully saturated rings. The van der Waals surface area contributed by atoms with Crippen LogP contribution in [-0.4, -0.2) is 72.6 Å². The van der Waals surface area contributed by atoms with E-state index in [0.29, 0.717) is 19.5 Å². The molecular formula is C28H33N7O2. The van der Waals surface area contributed by atoms with E-state index in [2.05, 4.69) is 43.0 Å². The van der Waals surface area contributed by atoms with Gasteiger partial charge in [0, 0.05) is 62.8 Å². The summed E-state index contributed by atoms with van der Waals surface area (Å²) in [7, 11) is 0. The van der Waals surface area contributed by atoms with E-state index >= 15 is 0 Å². The number of amides is 1. The van der Waals surface area contributed by atoms with Crippen LogP contribution in [0.25, 0.3) is 22.3 Å². The monoisotopic (exact) mass is 499 g/mol. The van der Waals surface area contributed by atoms with Crippen molar-refractivity contribution in [1.29, 1.82) is 0 Å². The number of aryl methyl sites for hydroxylation is 1. The largest absolute Gasteiger partial charge is 0.444 e. The zero-order valence-corrected chi connectivity index (χ0v) is 21.9. The highest BCUT2D eigenvalue weighted by Gasteiger charge is 2.25. The van der Waals surface area contributed by atoms with Gasteiger partial charge in [-0.1, -0.05) is 6.07 Å². The molecule has 1 aliphatic rings. The molecule has 192 valence electrons. The molecule has 37 heavy (non-hydrogen) atoms. The van der Waals surface area contributed by atoms with Crippen LogP contribution in [0, 0.1) is 6.92 Å². The van der Waals surface area contributed by atoms with Crippen LogP contribution in [0.15, 0.2) is 48.8 Å². The van der Waals surface area contributed by atoms with Crippen molar-refractivity contribution in [2.45, 2.75) is 46.3 Å². The molecule has 9 nitrogen and oxygen atoms in total. The molecule has 0 bridgehead atoms. The molecule has 0 radical (unpaired) electrons. The van der Waals surface area contributed by atoms with E-state index in [1.54, 1.807) is 11.1 Å². The molecule has 4 aromatic rings. The Balaban J connectivity index is 1.21. The number of aromatic nitrogens is 5. The normalized spacial score (nSPS) is 14.8. The van der Waals surface area contributed by atoms with E-state index < -0.39 is 5.60 Å². The van der Waals surface area contributed by atoms with E-state index in [4.69, 9.17) is 9.72 Å².